The molecular formula is C11H20O2. The quantitative estimate of drug-likeness (QED) is 0.609. The van der Waals surface area contributed by atoms with Crippen LogP contribution in [0.5, 0.6) is 0 Å². The summed E-state index contributed by atoms with van der Waals surface area (Å²) in [6.07, 6.45) is 3.26. The molecule has 0 amide bonds. The Bertz CT molecular complexity index is 173. The number of rotatable bonds is 7. The fourth-order valence-corrected chi connectivity index (χ4v) is 1.14. The fourth-order valence-electron chi connectivity index (χ4n) is 1.14. The number of ketones is 2. The average Bonchev–Trinajstić information content (AvgIpc) is 2.13. The van der Waals surface area contributed by atoms with Crippen molar-refractivity contribution in [3.8, 4) is 0 Å². The highest BCUT2D eigenvalue weighted by atomic mass is 16.1. The minimum atomic E-state index is 0.120. The number of Topliss-reactive ketones (excluding diaryl/α,β-unsaturated/α-hetero) is 2. The van der Waals surface area contributed by atoms with Gasteiger partial charge in [0.2, 0.25) is 0 Å². The molecule has 0 bridgehead atoms. The van der Waals surface area contributed by atoms with Gasteiger partial charge in [-0.2, -0.15) is 0 Å². The van der Waals surface area contributed by atoms with Crippen LogP contribution in [0.4, 0.5) is 0 Å². The zero-order valence-corrected chi connectivity index (χ0v) is 8.93. The molecule has 76 valence electrons. The van der Waals surface area contributed by atoms with Gasteiger partial charge in [-0.1, -0.05) is 20.8 Å². The van der Waals surface area contributed by atoms with E-state index in [-0.39, 0.29) is 17.5 Å². The summed E-state index contributed by atoms with van der Waals surface area (Å²) in [6.45, 7) is 5.90. The zero-order chi connectivity index (χ0) is 10.3. The molecule has 1 unspecified atom stereocenters. The third kappa shape index (κ3) is 5.56. The first kappa shape index (κ1) is 12.3. The SMILES string of the molecule is CCCC(=O)CCC(=O)C(C)CC. The Morgan fingerprint density at radius 2 is 1.69 bits per heavy atom. The first-order valence-corrected chi connectivity index (χ1v) is 5.16. The molecule has 0 rings (SSSR count). The van der Waals surface area contributed by atoms with Gasteiger partial charge in [-0.3, -0.25) is 9.59 Å². The van der Waals surface area contributed by atoms with E-state index >= 15 is 0 Å². The molecule has 13 heavy (non-hydrogen) atoms. The molecule has 0 aliphatic carbocycles. The molecule has 2 nitrogen and oxygen atoms in total. The number of hydrogen-bond donors (Lipinski definition) is 0. The van der Waals surface area contributed by atoms with Gasteiger partial charge in [-0.25, -0.2) is 0 Å². The molecule has 0 N–H and O–H groups in total. The third-order valence-corrected chi connectivity index (χ3v) is 2.34. The van der Waals surface area contributed by atoms with Crippen molar-refractivity contribution in [2.75, 3.05) is 0 Å². The van der Waals surface area contributed by atoms with Crippen LogP contribution in [0.1, 0.15) is 52.9 Å². The van der Waals surface area contributed by atoms with Crippen molar-refractivity contribution in [1.82, 2.24) is 0 Å². The molecular weight excluding hydrogens is 164 g/mol. The van der Waals surface area contributed by atoms with Crippen molar-refractivity contribution >= 4 is 11.6 Å². The topological polar surface area (TPSA) is 34.1 Å². The second-order valence-electron chi connectivity index (χ2n) is 3.56. The van der Waals surface area contributed by atoms with E-state index in [2.05, 4.69) is 0 Å². The first-order chi connectivity index (χ1) is 6.11. The van der Waals surface area contributed by atoms with Gasteiger partial charge >= 0.3 is 0 Å². The Labute approximate surface area is 80.7 Å². The fraction of sp³-hybridized carbons (Fsp3) is 0.818. The molecule has 2 heteroatoms. The van der Waals surface area contributed by atoms with E-state index in [1.54, 1.807) is 0 Å². The molecule has 0 fully saturated rings. The predicted octanol–water partition coefficient (Wildman–Crippen LogP) is 2.75. The van der Waals surface area contributed by atoms with Crippen LogP contribution in [0.25, 0.3) is 0 Å². The summed E-state index contributed by atoms with van der Waals surface area (Å²) < 4.78 is 0. The van der Waals surface area contributed by atoms with Gasteiger partial charge in [-0.05, 0) is 12.8 Å². The van der Waals surface area contributed by atoms with Crippen molar-refractivity contribution in [2.24, 2.45) is 5.92 Å². The summed E-state index contributed by atoms with van der Waals surface area (Å²) in [5.74, 6) is 0.570. The normalized spacial score (nSPS) is 12.5. The molecule has 0 heterocycles. The highest BCUT2D eigenvalue weighted by Gasteiger charge is 2.11. The summed E-state index contributed by atoms with van der Waals surface area (Å²) in [6, 6.07) is 0. The number of hydrogen-bond acceptors (Lipinski definition) is 2. The lowest BCUT2D eigenvalue weighted by molar-refractivity contribution is -0.126. The van der Waals surface area contributed by atoms with Crippen molar-refractivity contribution in [1.29, 1.82) is 0 Å². The van der Waals surface area contributed by atoms with Crippen LogP contribution in [0.15, 0.2) is 0 Å². The van der Waals surface area contributed by atoms with Gasteiger partial charge in [-0.15, -0.1) is 0 Å². The lowest BCUT2D eigenvalue weighted by Gasteiger charge is -2.05. The van der Waals surface area contributed by atoms with Crippen LogP contribution < -0.4 is 0 Å². The van der Waals surface area contributed by atoms with Gasteiger partial charge in [0.05, 0.1) is 0 Å². The number of carbonyl (C=O) groups is 2. The van der Waals surface area contributed by atoms with Gasteiger partial charge in [0.25, 0.3) is 0 Å². The summed E-state index contributed by atoms with van der Waals surface area (Å²) in [4.78, 5) is 22.4. The summed E-state index contributed by atoms with van der Waals surface area (Å²) >= 11 is 0. The monoisotopic (exact) mass is 184 g/mol. The molecule has 0 radical (unpaired) electrons. The molecule has 0 aromatic rings. The minimum Gasteiger partial charge on any atom is -0.300 e. The smallest absolute Gasteiger partial charge is 0.136 e. The summed E-state index contributed by atoms with van der Waals surface area (Å²) in [5, 5.41) is 0. The highest BCUT2D eigenvalue weighted by molar-refractivity contribution is 5.86. The van der Waals surface area contributed by atoms with Crippen LogP contribution in [0.3, 0.4) is 0 Å². The summed E-state index contributed by atoms with van der Waals surface area (Å²) in [5.41, 5.74) is 0. The standard InChI is InChI=1S/C11H20O2/c1-4-6-10(12)7-8-11(13)9(3)5-2/h9H,4-8H2,1-3H3. The zero-order valence-electron chi connectivity index (χ0n) is 8.93. The highest BCUT2D eigenvalue weighted by Crippen LogP contribution is 2.08. The van der Waals surface area contributed by atoms with Gasteiger partial charge in [0.1, 0.15) is 11.6 Å². The molecule has 0 aromatic heterocycles. The van der Waals surface area contributed by atoms with E-state index in [4.69, 9.17) is 0 Å². The molecule has 0 aromatic carbocycles. The maximum absolute atomic E-state index is 11.3. The van der Waals surface area contributed by atoms with E-state index in [0.29, 0.717) is 19.3 Å². The Kier molecular flexibility index (Phi) is 6.47. The largest absolute Gasteiger partial charge is 0.300 e. The van der Waals surface area contributed by atoms with Crippen molar-refractivity contribution in [3.63, 3.8) is 0 Å². The van der Waals surface area contributed by atoms with E-state index in [1.807, 2.05) is 20.8 Å². The second kappa shape index (κ2) is 6.81. The molecule has 0 saturated carbocycles. The van der Waals surface area contributed by atoms with Crippen LogP contribution in [-0.4, -0.2) is 11.6 Å². The molecule has 0 spiro atoms. The van der Waals surface area contributed by atoms with Gasteiger partial charge < -0.3 is 0 Å². The first-order valence-electron chi connectivity index (χ1n) is 5.16. The lowest BCUT2D eigenvalue weighted by Crippen LogP contribution is -2.11. The Morgan fingerprint density at radius 3 is 2.15 bits per heavy atom. The van der Waals surface area contributed by atoms with Crippen LogP contribution in [0, 0.1) is 5.92 Å². The Hall–Kier alpha value is -0.660. The molecule has 0 aliphatic rings. The Morgan fingerprint density at radius 1 is 1.08 bits per heavy atom. The maximum Gasteiger partial charge on any atom is 0.136 e. The number of carbonyl (C=O) groups excluding carboxylic acids is 2. The van der Waals surface area contributed by atoms with Crippen molar-refractivity contribution in [3.05, 3.63) is 0 Å². The lowest BCUT2D eigenvalue weighted by atomic mass is 9.98. The Balaban J connectivity index is 3.63. The average molecular weight is 184 g/mol. The third-order valence-electron chi connectivity index (χ3n) is 2.34. The van der Waals surface area contributed by atoms with Gasteiger partial charge in [0, 0.05) is 25.2 Å². The van der Waals surface area contributed by atoms with Gasteiger partial charge in [0.15, 0.2) is 0 Å². The summed E-state index contributed by atoms with van der Waals surface area (Å²) in [7, 11) is 0. The second-order valence-corrected chi connectivity index (χ2v) is 3.56. The molecule has 1 atom stereocenters. The maximum atomic E-state index is 11.3. The van der Waals surface area contributed by atoms with Crippen LogP contribution >= 0.6 is 0 Å². The van der Waals surface area contributed by atoms with E-state index < -0.39 is 0 Å². The molecule has 0 saturated heterocycles. The predicted molar refractivity (Wildman–Crippen MR) is 53.6 cm³/mol. The molecule has 0 aliphatic heterocycles. The van der Waals surface area contributed by atoms with Crippen molar-refractivity contribution < 1.29 is 9.59 Å². The van der Waals surface area contributed by atoms with E-state index in [9.17, 15) is 9.59 Å². The minimum absolute atomic E-state index is 0.120. The van der Waals surface area contributed by atoms with E-state index in [1.165, 1.54) is 0 Å². The van der Waals surface area contributed by atoms with Crippen molar-refractivity contribution in [2.45, 2.75) is 52.9 Å². The van der Waals surface area contributed by atoms with Crippen LogP contribution in [-0.2, 0) is 9.59 Å². The van der Waals surface area contributed by atoms with Crippen LogP contribution in [0.2, 0.25) is 0 Å². The van der Waals surface area contributed by atoms with E-state index in [0.717, 1.165) is 12.8 Å².